The fourth-order valence-electron chi connectivity index (χ4n) is 5.88. The second-order valence-electron chi connectivity index (χ2n) is 11.2. The number of nitrogens with one attached hydrogen (secondary N) is 2. The van der Waals surface area contributed by atoms with Crippen LogP contribution in [0.1, 0.15) is 40.7 Å². The third kappa shape index (κ3) is 7.70. The Labute approximate surface area is 255 Å². The number of hydrogen-bond acceptors (Lipinski definition) is 6. The quantitative estimate of drug-likeness (QED) is 0.342. The Morgan fingerprint density at radius 1 is 0.955 bits per heavy atom. The van der Waals surface area contributed by atoms with Crippen molar-refractivity contribution < 1.29 is 32.2 Å². The van der Waals surface area contributed by atoms with Crippen molar-refractivity contribution in [3.05, 3.63) is 95.6 Å². The summed E-state index contributed by atoms with van der Waals surface area (Å²) in [5.74, 6) is -0.325. The summed E-state index contributed by atoms with van der Waals surface area (Å²) >= 11 is 0. The molecular weight excluding hydrogens is 573 g/mol. The molecule has 0 bridgehead atoms. The topological polar surface area (TPSA) is 83.1 Å². The Hall–Kier alpha value is -4.09. The first-order valence-electron chi connectivity index (χ1n) is 14.7. The highest BCUT2D eigenvalue weighted by Gasteiger charge is 2.44. The predicted octanol–water partition coefficient (Wildman–Crippen LogP) is 4.85. The van der Waals surface area contributed by atoms with Crippen molar-refractivity contribution in [1.29, 1.82) is 0 Å². The molecule has 2 heterocycles. The number of benzene rings is 3. The summed E-state index contributed by atoms with van der Waals surface area (Å²) in [5, 5.41) is 5.40. The normalized spacial score (nSPS) is 18.5. The van der Waals surface area contributed by atoms with E-state index in [0.717, 1.165) is 61.6 Å². The molecule has 1 unspecified atom stereocenters. The number of halogens is 3. The number of rotatable bonds is 10. The predicted molar refractivity (Wildman–Crippen MR) is 160 cm³/mol. The number of piperidine rings is 1. The van der Waals surface area contributed by atoms with Gasteiger partial charge in [-0.05, 0) is 54.4 Å². The zero-order valence-electron chi connectivity index (χ0n) is 24.6. The second-order valence-corrected chi connectivity index (χ2v) is 11.2. The largest absolute Gasteiger partial charge is 0.497 e. The molecule has 1 atom stereocenters. The third-order valence-electron chi connectivity index (χ3n) is 8.32. The van der Waals surface area contributed by atoms with E-state index < -0.39 is 29.3 Å². The molecule has 11 heteroatoms. The van der Waals surface area contributed by atoms with Crippen molar-refractivity contribution in [2.75, 3.05) is 44.7 Å². The van der Waals surface area contributed by atoms with E-state index in [4.69, 9.17) is 9.47 Å². The number of ether oxygens (including phenoxy) is 2. The number of hydrogen-bond donors (Lipinski definition) is 2. The van der Waals surface area contributed by atoms with Crippen LogP contribution in [-0.4, -0.2) is 68.3 Å². The molecular formula is C33H37F3N4O4. The molecule has 0 aromatic heterocycles. The van der Waals surface area contributed by atoms with Gasteiger partial charge >= 0.3 is 6.18 Å². The average Bonchev–Trinajstić information content (AvgIpc) is 3.52. The van der Waals surface area contributed by atoms with E-state index in [-0.39, 0.29) is 18.2 Å². The second kappa shape index (κ2) is 13.7. The van der Waals surface area contributed by atoms with Gasteiger partial charge in [-0.15, -0.1) is 0 Å². The lowest BCUT2D eigenvalue weighted by atomic mass is 9.97. The van der Waals surface area contributed by atoms with Crippen molar-refractivity contribution >= 4 is 17.5 Å². The van der Waals surface area contributed by atoms with Crippen LogP contribution < -0.4 is 20.3 Å². The van der Waals surface area contributed by atoms with Crippen LogP contribution in [0.15, 0.2) is 78.9 Å². The zero-order chi connectivity index (χ0) is 31.2. The molecule has 2 amide bonds. The highest BCUT2D eigenvalue weighted by atomic mass is 19.4. The minimum absolute atomic E-state index is 0.148. The number of alkyl halides is 3. The lowest BCUT2D eigenvalue weighted by Gasteiger charge is -2.47. The first kappa shape index (κ1) is 31.3. The van der Waals surface area contributed by atoms with E-state index in [0.29, 0.717) is 19.6 Å². The number of likely N-dealkylation sites (tertiary alicyclic amines) is 1. The van der Waals surface area contributed by atoms with Crippen molar-refractivity contribution in [3.63, 3.8) is 0 Å². The van der Waals surface area contributed by atoms with Crippen LogP contribution in [0.2, 0.25) is 0 Å². The van der Waals surface area contributed by atoms with E-state index >= 15 is 0 Å². The number of anilines is 1. The first-order chi connectivity index (χ1) is 21.1. The van der Waals surface area contributed by atoms with Gasteiger partial charge in [0.25, 0.3) is 5.91 Å². The van der Waals surface area contributed by atoms with Crippen LogP contribution in [0.5, 0.6) is 5.75 Å². The Morgan fingerprint density at radius 2 is 1.68 bits per heavy atom. The van der Waals surface area contributed by atoms with Crippen molar-refractivity contribution in [3.8, 4) is 5.75 Å². The lowest BCUT2D eigenvalue weighted by molar-refractivity contribution is -0.170. The molecule has 2 aliphatic heterocycles. The Kier molecular flexibility index (Phi) is 9.75. The molecule has 2 saturated heterocycles. The fraction of sp³-hybridized carbons (Fsp3) is 0.394. The van der Waals surface area contributed by atoms with Gasteiger partial charge in [0.05, 0.1) is 25.8 Å². The zero-order valence-corrected chi connectivity index (χ0v) is 24.6. The lowest BCUT2D eigenvalue weighted by Crippen LogP contribution is -2.57. The van der Waals surface area contributed by atoms with Gasteiger partial charge in [0.2, 0.25) is 5.91 Å². The molecule has 2 aliphatic rings. The smallest absolute Gasteiger partial charge is 0.416 e. The van der Waals surface area contributed by atoms with E-state index in [1.807, 2.05) is 42.5 Å². The standard InChI is InChI=1S/C33H37F3N4O4/c1-43-29-12-10-28(11-13-29)39-18-15-32(16-19-39,44-23-24-6-3-2-4-7-24)40-17-14-27(22-40)38-30(41)21-37-31(42)25-8-5-9-26(20-25)33(34,35)36/h2-13,20,27H,14-19,21-23H2,1H3,(H,37,42)(H,38,41). The summed E-state index contributed by atoms with van der Waals surface area (Å²) in [5.41, 5.74) is 0.638. The van der Waals surface area contributed by atoms with Crippen molar-refractivity contribution in [2.24, 2.45) is 0 Å². The van der Waals surface area contributed by atoms with Gasteiger partial charge in [0.1, 0.15) is 11.5 Å². The highest BCUT2D eigenvalue weighted by Crippen LogP contribution is 2.36. The molecule has 3 aromatic rings. The maximum Gasteiger partial charge on any atom is 0.416 e. The van der Waals surface area contributed by atoms with Gasteiger partial charge in [-0.1, -0.05) is 36.4 Å². The van der Waals surface area contributed by atoms with Crippen LogP contribution in [0.4, 0.5) is 18.9 Å². The van der Waals surface area contributed by atoms with Crippen molar-refractivity contribution in [2.45, 2.75) is 43.8 Å². The van der Waals surface area contributed by atoms with Gasteiger partial charge < -0.3 is 25.0 Å². The Bertz CT molecular complexity index is 1410. The number of carbonyl (C=O) groups is 2. The van der Waals surface area contributed by atoms with Crippen LogP contribution >= 0.6 is 0 Å². The number of carbonyl (C=O) groups excluding carboxylic acids is 2. The van der Waals surface area contributed by atoms with Crippen LogP contribution in [0.25, 0.3) is 0 Å². The van der Waals surface area contributed by atoms with Gasteiger partial charge in [-0.3, -0.25) is 14.5 Å². The summed E-state index contributed by atoms with van der Waals surface area (Å²) in [4.78, 5) is 29.8. The third-order valence-corrected chi connectivity index (χ3v) is 8.32. The molecule has 0 radical (unpaired) electrons. The molecule has 0 aliphatic carbocycles. The average molecular weight is 611 g/mol. The minimum Gasteiger partial charge on any atom is -0.497 e. The maximum atomic E-state index is 13.0. The first-order valence-corrected chi connectivity index (χ1v) is 14.7. The van der Waals surface area contributed by atoms with Gasteiger partial charge in [0, 0.05) is 56.3 Å². The molecule has 8 nitrogen and oxygen atoms in total. The van der Waals surface area contributed by atoms with E-state index in [2.05, 4.69) is 32.6 Å². The molecule has 3 aromatic carbocycles. The van der Waals surface area contributed by atoms with E-state index in [1.165, 1.54) is 12.1 Å². The molecule has 0 spiro atoms. The Balaban J connectivity index is 1.18. The highest BCUT2D eigenvalue weighted by molar-refractivity contribution is 5.96. The maximum absolute atomic E-state index is 13.0. The summed E-state index contributed by atoms with van der Waals surface area (Å²) in [6.07, 6.45) is -2.29. The van der Waals surface area contributed by atoms with Gasteiger partial charge in [-0.2, -0.15) is 13.2 Å². The van der Waals surface area contributed by atoms with Crippen LogP contribution in [0.3, 0.4) is 0 Å². The summed E-state index contributed by atoms with van der Waals surface area (Å²) in [6, 6.07) is 22.1. The summed E-state index contributed by atoms with van der Waals surface area (Å²) in [6.45, 7) is 3.06. The van der Waals surface area contributed by atoms with Crippen LogP contribution in [0, 0.1) is 0 Å². The molecule has 2 fully saturated rings. The molecule has 0 saturated carbocycles. The molecule has 2 N–H and O–H groups in total. The molecule has 234 valence electrons. The summed E-state index contributed by atoms with van der Waals surface area (Å²) in [7, 11) is 1.65. The molecule has 5 rings (SSSR count). The van der Waals surface area contributed by atoms with E-state index in [9.17, 15) is 22.8 Å². The summed E-state index contributed by atoms with van der Waals surface area (Å²) < 4.78 is 51.0. The Morgan fingerprint density at radius 3 is 2.36 bits per heavy atom. The minimum atomic E-state index is -4.56. The SMILES string of the molecule is COc1ccc(N2CCC(OCc3ccccc3)(N3CCC(NC(=O)CNC(=O)c4cccc(C(F)(F)F)c4)C3)CC2)cc1. The monoisotopic (exact) mass is 610 g/mol. The number of amides is 2. The van der Waals surface area contributed by atoms with Gasteiger partial charge in [0.15, 0.2) is 0 Å². The van der Waals surface area contributed by atoms with E-state index in [1.54, 1.807) is 7.11 Å². The fourth-order valence-corrected chi connectivity index (χ4v) is 5.88. The molecule has 44 heavy (non-hydrogen) atoms. The van der Waals surface area contributed by atoms with Crippen LogP contribution in [-0.2, 0) is 22.3 Å². The number of nitrogens with zero attached hydrogens (tertiary/aromatic N) is 2. The van der Waals surface area contributed by atoms with Crippen molar-refractivity contribution in [1.82, 2.24) is 15.5 Å². The number of methoxy groups -OCH3 is 1. The van der Waals surface area contributed by atoms with Gasteiger partial charge in [-0.25, -0.2) is 0 Å².